The first kappa shape index (κ1) is 16.3. The second kappa shape index (κ2) is 8.43. The van der Waals surface area contributed by atoms with Crippen LogP contribution in [0.3, 0.4) is 0 Å². The Hall–Kier alpha value is -1.66. The molecule has 0 aliphatic heterocycles. The van der Waals surface area contributed by atoms with E-state index in [0.29, 0.717) is 0 Å². The third-order valence-corrected chi connectivity index (χ3v) is 1.87. The van der Waals surface area contributed by atoms with Crippen molar-refractivity contribution in [3.05, 3.63) is 24.3 Å². The summed E-state index contributed by atoms with van der Waals surface area (Å²) in [7, 11) is 0. The molecule has 0 saturated heterocycles. The van der Waals surface area contributed by atoms with Gasteiger partial charge in [-0.05, 0) is 13.8 Å². The van der Waals surface area contributed by atoms with Crippen LogP contribution in [-0.4, -0.2) is 47.6 Å². The van der Waals surface area contributed by atoms with Crippen molar-refractivity contribution in [2.45, 2.75) is 19.4 Å². The summed E-state index contributed by atoms with van der Waals surface area (Å²) < 4.78 is 9.37. The Balaban J connectivity index is 4.25. The highest BCUT2D eigenvalue weighted by atomic mass is 16.6. The summed E-state index contributed by atoms with van der Waals surface area (Å²) in [5, 5.41) is 18.8. The maximum Gasteiger partial charge on any atom is 0.330 e. The molecule has 0 aliphatic carbocycles. The molecule has 0 aliphatic rings. The molecule has 0 bridgehead atoms. The van der Waals surface area contributed by atoms with Crippen molar-refractivity contribution in [3.63, 3.8) is 0 Å². The number of allylic oxidation sites excluding steroid dienone is 2. The Morgan fingerprint density at radius 1 is 1.06 bits per heavy atom. The SMILES string of the molecule is C/C=C/C(=O)OCC(O)(CO)COC(=O)/C=C/C. The Morgan fingerprint density at radius 3 is 1.72 bits per heavy atom. The van der Waals surface area contributed by atoms with Crippen LogP contribution in [0, 0.1) is 0 Å². The van der Waals surface area contributed by atoms with Gasteiger partial charge in [-0.1, -0.05) is 12.2 Å². The van der Waals surface area contributed by atoms with Gasteiger partial charge in [0.25, 0.3) is 0 Å². The van der Waals surface area contributed by atoms with Crippen LogP contribution in [0.25, 0.3) is 0 Å². The highest BCUT2D eigenvalue weighted by molar-refractivity contribution is 5.82. The largest absolute Gasteiger partial charge is 0.459 e. The summed E-state index contributed by atoms with van der Waals surface area (Å²) in [4.78, 5) is 22.1. The Morgan fingerprint density at radius 2 is 1.44 bits per heavy atom. The van der Waals surface area contributed by atoms with Gasteiger partial charge in [-0.3, -0.25) is 0 Å². The minimum atomic E-state index is -1.80. The molecular weight excluding hydrogens is 240 g/mol. The second-order valence-corrected chi connectivity index (χ2v) is 3.60. The van der Waals surface area contributed by atoms with E-state index in [-0.39, 0.29) is 0 Å². The molecule has 0 amide bonds. The van der Waals surface area contributed by atoms with Gasteiger partial charge in [0.2, 0.25) is 0 Å². The fourth-order valence-electron chi connectivity index (χ4n) is 0.912. The predicted molar refractivity (Wildman–Crippen MR) is 63.6 cm³/mol. The number of hydrogen-bond donors (Lipinski definition) is 2. The monoisotopic (exact) mass is 258 g/mol. The number of carbonyl (C=O) groups is 2. The topological polar surface area (TPSA) is 93.1 Å². The van der Waals surface area contributed by atoms with E-state index in [2.05, 4.69) is 9.47 Å². The Labute approximate surface area is 106 Å². The summed E-state index contributed by atoms with van der Waals surface area (Å²) in [6, 6.07) is 0. The molecule has 2 N–H and O–H groups in total. The molecule has 0 saturated carbocycles. The summed E-state index contributed by atoms with van der Waals surface area (Å²) >= 11 is 0. The van der Waals surface area contributed by atoms with Crippen LogP contribution < -0.4 is 0 Å². The fraction of sp³-hybridized carbons (Fsp3) is 0.500. The van der Waals surface area contributed by atoms with Gasteiger partial charge in [0, 0.05) is 12.2 Å². The number of hydrogen-bond acceptors (Lipinski definition) is 6. The van der Waals surface area contributed by atoms with E-state index >= 15 is 0 Å². The third-order valence-electron chi connectivity index (χ3n) is 1.87. The number of aliphatic hydroxyl groups is 2. The second-order valence-electron chi connectivity index (χ2n) is 3.60. The molecular formula is C12H18O6. The maximum absolute atomic E-state index is 11.0. The lowest BCUT2D eigenvalue weighted by atomic mass is 10.1. The summed E-state index contributed by atoms with van der Waals surface area (Å²) in [6.45, 7) is 1.65. The van der Waals surface area contributed by atoms with E-state index < -0.39 is 37.4 Å². The van der Waals surface area contributed by atoms with Crippen LogP contribution in [0.15, 0.2) is 24.3 Å². The molecule has 0 heterocycles. The molecule has 0 atom stereocenters. The molecule has 0 aromatic carbocycles. The van der Waals surface area contributed by atoms with Crippen LogP contribution >= 0.6 is 0 Å². The minimum Gasteiger partial charge on any atom is -0.459 e. The van der Waals surface area contributed by atoms with Gasteiger partial charge in [-0.2, -0.15) is 0 Å². The highest BCUT2D eigenvalue weighted by Gasteiger charge is 2.29. The normalized spacial score (nSPS) is 12.0. The van der Waals surface area contributed by atoms with Gasteiger partial charge in [0.05, 0.1) is 6.61 Å². The highest BCUT2D eigenvalue weighted by Crippen LogP contribution is 2.06. The lowest BCUT2D eigenvalue weighted by molar-refractivity contribution is -0.161. The molecule has 6 heteroatoms. The molecule has 0 rings (SSSR count). The van der Waals surface area contributed by atoms with Gasteiger partial charge in [0.1, 0.15) is 13.2 Å². The van der Waals surface area contributed by atoms with Crippen LogP contribution in [0.2, 0.25) is 0 Å². The van der Waals surface area contributed by atoms with Gasteiger partial charge in [-0.15, -0.1) is 0 Å². The van der Waals surface area contributed by atoms with Gasteiger partial charge in [-0.25, -0.2) is 9.59 Å². The average molecular weight is 258 g/mol. The quantitative estimate of drug-likeness (QED) is 0.491. The minimum absolute atomic E-state index is 0.463. The van der Waals surface area contributed by atoms with Crippen molar-refractivity contribution >= 4 is 11.9 Å². The van der Waals surface area contributed by atoms with E-state index in [0.717, 1.165) is 0 Å². The van der Waals surface area contributed by atoms with Gasteiger partial charge >= 0.3 is 11.9 Å². The Bertz CT molecular complexity index is 303. The van der Waals surface area contributed by atoms with Crippen molar-refractivity contribution in [3.8, 4) is 0 Å². The standard InChI is InChI=1S/C12H18O6/c1-3-5-10(14)17-8-12(16,7-13)9-18-11(15)6-4-2/h3-6,13,16H,7-9H2,1-2H3/b5-3+,6-4+. The first-order chi connectivity index (χ1) is 8.47. The molecule has 0 aromatic heterocycles. The smallest absolute Gasteiger partial charge is 0.330 e. The summed E-state index contributed by atoms with van der Waals surface area (Å²) in [5.41, 5.74) is -1.80. The number of esters is 2. The number of rotatable bonds is 7. The number of ether oxygens (including phenoxy) is 2. The molecule has 6 nitrogen and oxygen atoms in total. The molecule has 18 heavy (non-hydrogen) atoms. The predicted octanol–water partition coefficient (Wildman–Crippen LogP) is -0.0516. The van der Waals surface area contributed by atoms with Crippen molar-refractivity contribution < 1.29 is 29.3 Å². The van der Waals surface area contributed by atoms with Crippen molar-refractivity contribution in [1.29, 1.82) is 0 Å². The third kappa shape index (κ3) is 6.82. The maximum atomic E-state index is 11.0. The number of carbonyl (C=O) groups excluding carboxylic acids is 2. The molecule has 0 unspecified atom stereocenters. The van der Waals surface area contributed by atoms with Crippen LogP contribution in [0.1, 0.15) is 13.8 Å². The van der Waals surface area contributed by atoms with E-state index in [1.165, 1.54) is 24.3 Å². The summed E-state index contributed by atoms with van der Waals surface area (Å²) in [5.74, 6) is -1.30. The lowest BCUT2D eigenvalue weighted by Gasteiger charge is -2.24. The van der Waals surface area contributed by atoms with Crippen LogP contribution in [-0.2, 0) is 19.1 Å². The van der Waals surface area contributed by atoms with Gasteiger partial charge < -0.3 is 19.7 Å². The first-order valence-corrected chi connectivity index (χ1v) is 5.39. The summed E-state index contributed by atoms with van der Waals surface area (Å²) in [6.07, 6.45) is 5.30. The van der Waals surface area contributed by atoms with Crippen LogP contribution in [0.5, 0.6) is 0 Å². The zero-order valence-corrected chi connectivity index (χ0v) is 10.5. The van der Waals surface area contributed by atoms with Gasteiger partial charge in [0.15, 0.2) is 5.60 Å². The van der Waals surface area contributed by atoms with E-state index in [9.17, 15) is 14.7 Å². The average Bonchev–Trinajstić information content (AvgIpc) is 2.35. The van der Waals surface area contributed by atoms with E-state index in [4.69, 9.17) is 5.11 Å². The van der Waals surface area contributed by atoms with Crippen LogP contribution in [0.4, 0.5) is 0 Å². The number of aliphatic hydroxyl groups excluding tert-OH is 1. The first-order valence-electron chi connectivity index (χ1n) is 5.39. The van der Waals surface area contributed by atoms with Crippen molar-refractivity contribution in [2.75, 3.05) is 19.8 Å². The van der Waals surface area contributed by atoms with Crippen molar-refractivity contribution in [2.24, 2.45) is 0 Å². The zero-order valence-electron chi connectivity index (χ0n) is 10.5. The molecule has 0 spiro atoms. The molecule has 102 valence electrons. The molecule has 0 radical (unpaired) electrons. The molecule has 0 fully saturated rings. The van der Waals surface area contributed by atoms with E-state index in [1.54, 1.807) is 13.8 Å². The van der Waals surface area contributed by atoms with E-state index in [1.807, 2.05) is 0 Å². The zero-order chi connectivity index (χ0) is 14.0. The Kier molecular flexibility index (Phi) is 7.66. The lowest BCUT2D eigenvalue weighted by Crippen LogP contribution is -2.44. The molecule has 0 aromatic rings. The fourth-order valence-corrected chi connectivity index (χ4v) is 0.912. The van der Waals surface area contributed by atoms with Crippen molar-refractivity contribution in [1.82, 2.24) is 0 Å².